The van der Waals surface area contributed by atoms with Crippen LogP contribution in [0.15, 0.2) is 22.4 Å². The Bertz CT molecular complexity index is 868. The Hall–Kier alpha value is -1.06. The van der Waals surface area contributed by atoms with Gasteiger partial charge in [-0.05, 0) is 19.1 Å². The lowest BCUT2D eigenvalue weighted by Crippen LogP contribution is -2.14. The van der Waals surface area contributed by atoms with E-state index in [2.05, 4.69) is 9.71 Å². The highest BCUT2D eigenvalue weighted by molar-refractivity contribution is 7.93. The van der Waals surface area contributed by atoms with Crippen molar-refractivity contribution in [2.45, 2.75) is 18.2 Å². The minimum atomic E-state index is -4.00. The number of halogens is 3. The smallest absolute Gasteiger partial charge is 0.311 e. The molecule has 0 saturated carbocycles. The van der Waals surface area contributed by atoms with Crippen LogP contribution in [0, 0.1) is 0 Å². The second-order valence-electron chi connectivity index (χ2n) is 4.43. The summed E-state index contributed by atoms with van der Waals surface area (Å²) < 4.78 is 31.9. The number of thiazole rings is 1. The number of hydrogen-bond acceptors (Lipinski definition) is 6. The first-order valence-electron chi connectivity index (χ1n) is 6.50. The molecule has 0 spiro atoms. The molecule has 0 aliphatic carbocycles. The fourth-order valence-corrected chi connectivity index (χ4v) is 4.64. The number of carbonyl (C=O) groups is 1. The van der Waals surface area contributed by atoms with Crippen LogP contribution in [0.1, 0.15) is 12.6 Å². The van der Waals surface area contributed by atoms with E-state index in [0.29, 0.717) is 5.69 Å². The summed E-state index contributed by atoms with van der Waals surface area (Å²) >= 11 is 18.6. The summed E-state index contributed by atoms with van der Waals surface area (Å²) in [5, 5.41) is 1.79. The molecule has 1 aromatic carbocycles. The fourth-order valence-electron chi connectivity index (χ4n) is 1.68. The fraction of sp³-hybridized carbons (Fsp3) is 0.231. The lowest BCUT2D eigenvalue weighted by molar-refractivity contribution is -0.142. The van der Waals surface area contributed by atoms with Crippen LogP contribution in [0.5, 0.6) is 0 Å². The molecule has 0 bridgehead atoms. The summed E-state index contributed by atoms with van der Waals surface area (Å²) in [6.07, 6.45) is -0.0421. The van der Waals surface area contributed by atoms with Crippen molar-refractivity contribution in [3.8, 4) is 0 Å². The predicted molar refractivity (Wildman–Crippen MR) is 94.7 cm³/mol. The first kappa shape index (κ1) is 19.3. The van der Waals surface area contributed by atoms with Gasteiger partial charge in [0.2, 0.25) is 0 Å². The van der Waals surface area contributed by atoms with E-state index in [1.165, 1.54) is 6.07 Å². The number of rotatable bonds is 6. The molecule has 2 aromatic rings. The summed E-state index contributed by atoms with van der Waals surface area (Å²) in [6, 6.07) is 2.40. The molecule has 1 N–H and O–H groups in total. The van der Waals surface area contributed by atoms with E-state index in [1.807, 2.05) is 0 Å². The van der Waals surface area contributed by atoms with Gasteiger partial charge >= 0.3 is 5.97 Å². The van der Waals surface area contributed by atoms with E-state index in [1.54, 1.807) is 12.3 Å². The van der Waals surface area contributed by atoms with Crippen molar-refractivity contribution >= 4 is 67.3 Å². The van der Waals surface area contributed by atoms with Gasteiger partial charge < -0.3 is 4.74 Å². The molecule has 1 aromatic heterocycles. The molecule has 130 valence electrons. The zero-order valence-corrected chi connectivity index (χ0v) is 16.1. The lowest BCUT2D eigenvalue weighted by atomic mass is 10.3. The molecule has 0 fully saturated rings. The zero-order chi connectivity index (χ0) is 17.9. The van der Waals surface area contributed by atoms with Crippen molar-refractivity contribution in [2.24, 2.45) is 0 Å². The number of nitrogens with one attached hydrogen (secondary N) is 1. The highest BCUT2D eigenvalue weighted by Crippen LogP contribution is 2.32. The van der Waals surface area contributed by atoms with Crippen molar-refractivity contribution in [3.05, 3.63) is 38.3 Å². The number of benzene rings is 1. The number of nitrogens with zero attached hydrogens (tertiary/aromatic N) is 1. The number of carbonyl (C=O) groups excluding carboxylic acids is 1. The van der Waals surface area contributed by atoms with E-state index in [4.69, 9.17) is 39.5 Å². The average molecular weight is 430 g/mol. The molecule has 0 amide bonds. The summed E-state index contributed by atoms with van der Waals surface area (Å²) in [5.74, 6) is -0.440. The standard InChI is InChI=1S/C13H11Cl3N2O4S2/c1-2-22-12(19)3-7-6-23-13(17-7)18-24(20,21)11-5-9(15)8(14)4-10(11)16/h4-6H,2-3H2,1H3,(H,17,18). The Morgan fingerprint density at radius 2 is 1.92 bits per heavy atom. The predicted octanol–water partition coefficient (Wildman–Crippen LogP) is 4.01. The summed E-state index contributed by atoms with van der Waals surface area (Å²) in [5.41, 5.74) is 0.399. The van der Waals surface area contributed by atoms with E-state index in [0.717, 1.165) is 17.4 Å². The first-order chi connectivity index (χ1) is 11.2. The van der Waals surface area contributed by atoms with Crippen LogP contribution >= 0.6 is 46.1 Å². The number of hydrogen-bond donors (Lipinski definition) is 1. The van der Waals surface area contributed by atoms with Crippen molar-refractivity contribution in [1.82, 2.24) is 4.98 Å². The van der Waals surface area contributed by atoms with Gasteiger partial charge in [0, 0.05) is 5.38 Å². The highest BCUT2D eigenvalue weighted by atomic mass is 35.5. The van der Waals surface area contributed by atoms with Crippen molar-refractivity contribution in [3.63, 3.8) is 0 Å². The molecule has 2 rings (SSSR count). The van der Waals surface area contributed by atoms with Crippen LogP contribution < -0.4 is 4.72 Å². The van der Waals surface area contributed by atoms with Crippen molar-refractivity contribution in [2.75, 3.05) is 11.3 Å². The largest absolute Gasteiger partial charge is 0.466 e. The Balaban J connectivity index is 2.20. The second-order valence-corrected chi connectivity index (χ2v) is 8.16. The monoisotopic (exact) mass is 428 g/mol. The maximum Gasteiger partial charge on any atom is 0.311 e. The summed E-state index contributed by atoms with van der Waals surface area (Å²) in [4.78, 5) is 15.2. The summed E-state index contributed by atoms with van der Waals surface area (Å²) in [6.45, 7) is 1.96. The molecule has 24 heavy (non-hydrogen) atoms. The van der Waals surface area contributed by atoms with Gasteiger partial charge in [0.25, 0.3) is 10.0 Å². The minimum absolute atomic E-state index is 0.0421. The Morgan fingerprint density at radius 1 is 1.25 bits per heavy atom. The molecule has 0 saturated heterocycles. The third kappa shape index (κ3) is 4.73. The number of esters is 1. The van der Waals surface area contributed by atoms with E-state index >= 15 is 0 Å². The first-order valence-corrected chi connectivity index (χ1v) is 10.00. The molecule has 11 heteroatoms. The van der Waals surface area contributed by atoms with Gasteiger partial charge in [-0.15, -0.1) is 11.3 Å². The Kier molecular flexibility index (Phi) is 6.33. The molecular weight excluding hydrogens is 419 g/mol. The van der Waals surface area contributed by atoms with Gasteiger partial charge in [-0.1, -0.05) is 34.8 Å². The topological polar surface area (TPSA) is 85.4 Å². The van der Waals surface area contributed by atoms with Crippen LogP contribution in [0.4, 0.5) is 5.13 Å². The second kappa shape index (κ2) is 7.88. The SMILES string of the molecule is CCOC(=O)Cc1csc(NS(=O)(=O)c2cc(Cl)c(Cl)cc2Cl)n1. The lowest BCUT2D eigenvalue weighted by Gasteiger charge is -2.08. The molecule has 1 heterocycles. The summed E-state index contributed by atoms with van der Waals surface area (Å²) in [7, 11) is -4.00. The van der Waals surface area contributed by atoms with Gasteiger partial charge in [0.1, 0.15) is 4.90 Å². The zero-order valence-electron chi connectivity index (χ0n) is 12.2. The Morgan fingerprint density at radius 3 is 2.58 bits per heavy atom. The third-order valence-corrected chi connectivity index (χ3v) is 6.13. The van der Waals surface area contributed by atoms with Crippen molar-refractivity contribution in [1.29, 1.82) is 0 Å². The maximum atomic E-state index is 12.4. The van der Waals surface area contributed by atoms with Crippen LogP contribution in [-0.2, 0) is 26.0 Å². The van der Waals surface area contributed by atoms with E-state index in [9.17, 15) is 13.2 Å². The van der Waals surface area contributed by atoms with Gasteiger partial charge in [-0.2, -0.15) is 0 Å². The average Bonchev–Trinajstić information content (AvgIpc) is 2.89. The highest BCUT2D eigenvalue weighted by Gasteiger charge is 2.21. The Labute approximate surface area is 157 Å². The van der Waals surface area contributed by atoms with Crippen LogP contribution in [0.25, 0.3) is 0 Å². The molecule has 0 atom stereocenters. The quantitative estimate of drug-likeness (QED) is 0.554. The van der Waals surface area contributed by atoms with Gasteiger partial charge in [-0.25, -0.2) is 13.4 Å². The molecular formula is C13H11Cl3N2O4S2. The van der Waals surface area contributed by atoms with Crippen LogP contribution in [0.2, 0.25) is 15.1 Å². The van der Waals surface area contributed by atoms with Crippen LogP contribution in [0.3, 0.4) is 0 Å². The number of aromatic nitrogens is 1. The minimum Gasteiger partial charge on any atom is -0.466 e. The molecule has 0 aliphatic heterocycles. The van der Waals surface area contributed by atoms with Gasteiger partial charge in [0.05, 0.1) is 33.8 Å². The number of anilines is 1. The van der Waals surface area contributed by atoms with Crippen molar-refractivity contribution < 1.29 is 17.9 Å². The van der Waals surface area contributed by atoms with Crippen LogP contribution in [-0.4, -0.2) is 26.0 Å². The molecule has 0 unspecified atom stereocenters. The number of sulfonamides is 1. The third-order valence-electron chi connectivity index (χ3n) is 2.67. The van der Waals surface area contributed by atoms with Gasteiger partial charge in [-0.3, -0.25) is 9.52 Å². The van der Waals surface area contributed by atoms with E-state index in [-0.39, 0.29) is 38.1 Å². The number of ether oxygens (including phenoxy) is 1. The van der Waals surface area contributed by atoms with E-state index < -0.39 is 16.0 Å². The maximum absolute atomic E-state index is 12.4. The molecule has 0 aliphatic rings. The van der Waals surface area contributed by atoms with Gasteiger partial charge in [0.15, 0.2) is 5.13 Å². The molecule has 6 nitrogen and oxygen atoms in total. The molecule has 0 radical (unpaired) electrons. The normalized spacial score (nSPS) is 11.3.